The lowest BCUT2D eigenvalue weighted by atomic mass is 10.3. The van der Waals surface area contributed by atoms with Gasteiger partial charge in [0.15, 0.2) is 0 Å². The minimum Gasteiger partial charge on any atom is -0.264 e. The molecule has 0 aliphatic carbocycles. The van der Waals surface area contributed by atoms with Gasteiger partial charge in [-0.05, 0) is 11.6 Å². The predicted molar refractivity (Wildman–Crippen MR) is 41.4 cm³/mol. The van der Waals surface area contributed by atoms with Crippen LogP contribution >= 0.6 is 21.6 Å². The summed E-state index contributed by atoms with van der Waals surface area (Å²) in [5, 5.41) is 0. The summed E-state index contributed by atoms with van der Waals surface area (Å²) in [5.41, 5.74) is 1.38. The molecule has 9 heavy (non-hydrogen) atoms. The van der Waals surface area contributed by atoms with E-state index in [9.17, 15) is 0 Å². The highest BCUT2D eigenvalue weighted by Gasteiger charge is 2.09. The number of pyridine rings is 1. The van der Waals surface area contributed by atoms with Crippen molar-refractivity contribution < 1.29 is 0 Å². The summed E-state index contributed by atoms with van der Waals surface area (Å²) >= 11 is 0. The number of hydrogen-bond acceptors (Lipinski definition) is 3. The molecule has 0 N–H and O–H groups in total. The maximum Gasteiger partial charge on any atom is 0.0320 e. The molecule has 2 heterocycles. The van der Waals surface area contributed by atoms with E-state index in [-0.39, 0.29) is 0 Å². The Kier molecular flexibility index (Phi) is 1.39. The molecule has 1 aromatic heterocycles. The topological polar surface area (TPSA) is 12.9 Å². The van der Waals surface area contributed by atoms with Gasteiger partial charge in [-0.25, -0.2) is 0 Å². The van der Waals surface area contributed by atoms with Crippen molar-refractivity contribution >= 4 is 21.6 Å². The van der Waals surface area contributed by atoms with Crippen LogP contribution < -0.4 is 0 Å². The van der Waals surface area contributed by atoms with Gasteiger partial charge in [-0.1, -0.05) is 21.6 Å². The minimum atomic E-state index is 1.12. The zero-order valence-corrected chi connectivity index (χ0v) is 6.34. The molecule has 1 aromatic rings. The lowest BCUT2D eigenvalue weighted by Gasteiger charge is -1.89. The molecule has 1 nitrogen and oxygen atoms in total. The van der Waals surface area contributed by atoms with Crippen LogP contribution in [0.25, 0.3) is 0 Å². The first-order valence-electron chi connectivity index (χ1n) is 2.69. The van der Waals surface area contributed by atoms with Gasteiger partial charge in [0.1, 0.15) is 0 Å². The average Bonchev–Trinajstić information content (AvgIpc) is 2.33. The van der Waals surface area contributed by atoms with Crippen LogP contribution in [0.15, 0.2) is 23.4 Å². The van der Waals surface area contributed by atoms with Gasteiger partial charge < -0.3 is 0 Å². The molecule has 0 atom stereocenters. The highest BCUT2D eigenvalue weighted by Crippen LogP contribution is 2.43. The van der Waals surface area contributed by atoms with E-state index in [1.165, 1.54) is 10.5 Å². The van der Waals surface area contributed by atoms with Crippen LogP contribution in [0.1, 0.15) is 5.56 Å². The fraction of sp³-hybridized carbons (Fsp3) is 0.167. The maximum atomic E-state index is 4.03. The third-order valence-corrected chi connectivity index (χ3v) is 3.59. The molecule has 0 aromatic carbocycles. The van der Waals surface area contributed by atoms with E-state index >= 15 is 0 Å². The van der Waals surface area contributed by atoms with Crippen molar-refractivity contribution in [3.8, 4) is 0 Å². The molecule has 1 aliphatic heterocycles. The smallest absolute Gasteiger partial charge is 0.0320 e. The first kappa shape index (κ1) is 5.62. The number of nitrogens with zero attached hydrogens (tertiary/aromatic N) is 1. The monoisotopic (exact) mass is 155 g/mol. The van der Waals surface area contributed by atoms with Gasteiger partial charge in [0, 0.05) is 23.0 Å². The van der Waals surface area contributed by atoms with Crippen LogP contribution in [0.5, 0.6) is 0 Å². The second-order valence-corrected chi connectivity index (χ2v) is 4.17. The Morgan fingerprint density at radius 2 is 2.56 bits per heavy atom. The van der Waals surface area contributed by atoms with Crippen LogP contribution in [0.4, 0.5) is 0 Å². The number of aromatic nitrogens is 1. The number of rotatable bonds is 0. The van der Waals surface area contributed by atoms with Crippen LogP contribution in [0.3, 0.4) is 0 Å². The van der Waals surface area contributed by atoms with Crippen LogP contribution in [-0.2, 0) is 5.75 Å². The summed E-state index contributed by atoms with van der Waals surface area (Å²) in [6.45, 7) is 0. The van der Waals surface area contributed by atoms with E-state index in [2.05, 4.69) is 11.1 Å². The molecule has 2 rings (SSSR count). The Morgan fingerprint density at radius 3 is 3.44 bits per heavy atom. The van der Waals surface area contributed by atoms with Crippen LogP contribution in [0, 0.1) is 0 Å². The molecule has 0 unspecified atom stereocenters. The van der Waals surface area contributed by atoms with Crippen molar-refractivity contribution in [2.75, 3.05) is 0 Å². The highest BCUT2D eigenvalue weighted by molar-refractivity contribution is 8.76. The van der Waals surface area contributed by atoms with Gasteiger partial charge in [-0.3, -0.25) is 4.98 Å². The summed E-state index contributed by atoms with van der Waals surface area (Å²) in [6.07, 6.45) is 3.79. The number of hydrogen-bond donors (Lipinski definition) is 0. The van der Waals surface area contributed by atoms with Crippen molar-refractivity contribution in [1.82, 2.24) is 4.98 Å². The Labute approximate surface area is 61.7 Å². The van der Waals surface area contributed by atoms with Crippen LogP contribution in [-0.4, -0.2) is 4.98 Å². The summed E-state index contributed by atoms with van der Waals surface area (Å²) in [6, 6.07) is 2.07. The zero-order chi connectivity index (χ0) is 6.10. The first-order valence-corrected chi connectivity index (χ1v) is 5.01. The quantitative estimate of drug-likeness (QED) is 0.534. The molecular weight excluding hydrogens is 150 g/mol. The molecule has 0 amide bonds. The highest BCUT2D eigenvalue weighted by atomic mass is 33.1. The molecule has 0 spiro atoms. The normalized spacial score (nSPS) is 15.6. The molecule has 1 aliphatic rings. The first-order chi connectivity index (χ1) is 4.47. The van der Waals surface area contributed by atoms with Gasteiger partial charge in [-0.15, -0.1) is 0 Å². The van der Waals surface area contributed by atoms with Crippen molar-refractivity contribution in [2.45, 2.75) is 10.6 Å². The largest absolute Gasteiger partial charge is 0.264 e. The lowest BCUT2D eigenvalue weighted by Crippen LogP contribution is -1.77. The third kappa shape index (κ3) is 0.946. The molecule has 0 fully saturated rings. The van der Waals surface area contributed by atoms with Gasteiger partial charge in [-0.2, -0.15) is 0 Å². The Morgan fingerprint density at radius 1 is 1.56 bits per heavy atom. The Hall–Kier alpha value is -0.150. The van der Waals surface area contributed by atoms with E-state index in [1.54, 1.807) is 0 Å². The van der Waals surface area contributed by atoms with Gasteiger partial charge in [0.25, 0.3) is 0 Å². The van der Waals surface area contributed by atoms with E-state index in [0.29, 0.717) is 0 Å². The van der Waals surface area contributed by atoms with Crippen molar-refractivity contribution in [3.05, 3.63) is 24.0 Å². The molecule has 46 valence electrons. The summed E-state index contributed by atoms with van der Waals surface area (Å²) < 4.78 is 0. The molecule has 0 saturated heterocycles. The van der Waals surface area contributed by atoms with Gasteiger partial charge in [0.2, 0.25) is 0 Å². The van der Waals surface area contributed by atoms with Gasteiger partial charge in [0.05, 0.1) is 0 Å². The molecular formula is C6H5NS2. The van der Waals surface area contributed by atoms with E-state index < -0.39 is 0 Å². The maximum absolute atomic E-state index is 4.03. The third-order valence-electron chi connectivity index (χ3n) is 1.22. The van der Waals surface area contributed by atoms with Crippen LogP contribution in [0.2, 0.25) is 0 Å². The van der Waals surface area contributed by atoms with E-state index in [4.69, 9.17) is 0 Å². The van der Waals surface area contributed by atoms with Gasteiger partial charge >= 0.3 is 0 Å². The standard InChI is InChI=1S/C6H5NS2/c1-2-7-3-5-4-8-9-6(1)5/h1-3H,4H2. The van der Waals surface area contributed by atoms with E-state index in [1.807, 2.05) is 34.0 Å². The lowest BCUT2D eigenvalue weighted by molar-refractivity contribution is 1.18. The van der Waals surface area contributed by atoms with E-state index in [0.717, 1.165) is 5.75 Å². The molecule has 0 bridgehead atoms. The fourth-order valence-electron chi connectivity index (χ4n) is 0.761. The average molecular weight is 155 g/mol. The number of fused-ring (bicyclic) bond motifs is 1. The molecule has 0 saturated carbocycles. The molecule has 0 radical (unpaired) electrons. The summed E-state index contributed by atoms with van der Waals surface area (Å²) in [5.74, 6) is 1.12. The second-order valence-electron chi connectivity index (χ2n) is 1.83. The predicted octanol–water partition coefficient (Wildman–Crippen LogP) is 2.34. The fourth-order valence-corrected chi connectivity index (χ4v) is 3.17. The van der Waals surface area contributed by atoms with Crippen molar-refractivity contribution in [3.63, 3.8) is 0 Å². The Balaban J connectivity index is 2.54. The van der Waals surface area contributed by atoms with Crippen molar-refractivity contribution in [1.29, 1.82) is 0 Å². The summed E-state index contributed by atoms with van der Waals surface area (Å²) in [4.78, 5) is 5.41. The molecule has 3 heteroatoms. The zero-order valence-electron chi connectivity index (χ0n) is 4.70. The second kappa shape index (κ2) is 2.23. The Bertz CT molecular complexity index is 201. The van der Waals surface area contributed by atoms with Crippen molar-refractivity contribution in [2.24, 2.45) is 0 Å². The minimum absolute atomic E-state index is 1.12. The summed E-state index contributed by atoms with van der Waals surface area (Å²) in [7, 11) is 3.72. The SMILES string of the molecule is c1cc2c(cn1)CSS2.